The number of nitrogens with one attached hydrogen (secondary N) is 1. The number of rotatable bonds is 5. The highest BCUT2D eigenvalue weighted by Gasteiger charge is 2.17. The summed E-state index contributed by atoms with van der Waals surface area (Å²) in [7, 11) is 0. The Morgan fingerprint density at radius 1 is 1.09 bits per heavy atom. The van der Waals surface area contributed by atoms with Gasteiger partial charge in [0.2, 0.25) is 0 Å². The van der Waals surface area contributed by atoms with Crippen LogP contribution < -0.4 is 10.2 Å². The van der Waals surface area contributed by atoms with Crippen molar-refractivity contribution in [3.05, 3.63) is 48.3 Å². The maximum atomic E-state index is 12.9. The first-order chi connectivity index (χ1) is 15.6. The van der Waals surface area contributed by atoms with Crippen molar-refractivity contribution in [1.29, 1.82) is 0 Å². The average molecular weight is 448 g/mol. The lowest BCUT2D eigenvalue weighted by Gasteiger charge is -2.25. The highest BCUT2D eigenvalue weighted by atomic mass is 32.1. The highest BCUT2D eigenvalue weighted by molar-refractivity contribution is 7.22. The van der Waals surface area contributed by atoms with Crippen LogP contribution in [0.3, 0.4) is 0 Å². The number of amides is 1. The van der Waals surface area contributed by atoms with Crippen LogP contribution in [0.4, 0.5) is 10.9 Å². The van der Waals surface area contributed by atoms with Crippen molar-refractivity contribution in [2.75, 3.05) is 23.3 Å². The smallest absolute Gasteiger partial charge is 0.256 e. The molecule has 1 fully saturated rings. The fourth-order valence-electron chi connectivity index (χ4n) is 3.90. The molecule has 9 heteroatoms. The van der Waals surface area contributed by atoms with Gasteiger partial charge in [0.15, 0.2) is 11.0 Å². The number of carbonyl (C=O) groups is 1. The highest BCUT2D eigenvalue weighted by Crippen LogP contribution is 2.31. The van der Waals surface area contributed by atoms with Crippen molar-refractivity contribution >= 4 is 38.4 Å². The number of thiazole rings is 1. The Bertz CT molecular complexity index is 1260. The molecule has 0 saturated carbocycles. The first-order valence-corrected chi connectivity index (χ1v) is 11.7. The van der Waals surface area contributed by atoms with E-state index in [0.717, 1.165) is 28.4 Å². The van der Waals surface area contributed by atoms with Gasteiger partial charge in [0.05, 0.1) is 10.2 Å². The van der Waals surface area contributed by atoms with E-state index in [2.05, 4.69) is 39.2 Å². The molecule has 1 amide bonds. The van der Waals surface area contributed by atoms with Crippen molar-refractivity contribution in [3.63, 3.8) is 0 Å². The molecule has 3 aromatic heterocycles. The predicted octanol–water partition coefficient (Wildman–Crippen LogP) is 4.77. The summed E-state index contributed by atoms with van der Waals surface area (Å²) in [6, 6.07) is 11.4. The van der Waals surface area contributed by atoms with Crippen molar-refractivity contribution in [2.24, 2.45) is 0 Å². The van der Waals surface area contributed by atoms with Crippen molar-refractivity contribution in [1.82, 2.24) is 24.7 Å². The quantitative estimate of drug-likeness (QED) is 0.474. The molecule has 0 atom stereocenters. The molecule has 1 aliphatic heterocycles. The van der Waals surface area contributed by atoms with E-state index in [-0.39, 0.29) is 11.9 Å². The Morgan fingerprint density at radius 2 is 1.94 bits per heavy atom. The van der Waals surface area contributed by atoms with Crippen LogP contribution in [0.1, 0.15) is 49.5 Å². The molecule has 0 unspecified atom stereocenters. The first kappa shape index (κ1) is 20.6. The number of benzene rings is 1. The molecule has 4 heterocycles. The van der Waals surface area contributed by atoms with Gasteiger partial charge in [0.1, 0.15) is 17.8 Å². The Hall–Kier alpha value is -3.33. The Balaban J connectivity index is 1.36. The first-order valence-electron chi connectivity index (χ1n) is 10.9. The third-order valence-electron chi connectivity index (χ3n) is 5.62. The van der Waals surface area contributed by atoms with E-state index in [1.165, 1.54) is 19.3 Å². The molecular weight excluding hydrogens is 422 g/mol. The summed E-state index contributed by atoms with van der Waals surface area (Å²) in [5.41, 5.74) is 2.18. The summed E-state index contributed by atoms with van der Waals surface area (Å²) in [6.07, 6.45) is 5.40. The van der Waals surface area contributed by atoms with Gasteiger partial charge in [-0.3, -0.25) is 4.79 Å². The number of anilines is 2. The second kappa shape index (κ2) is 8.66. The minimum Gasteiger partial charge on any atom is -0.348 e. The second-order valence-electron chi connectivity index (χ2n) is 8.24. The van der Waals surface area contributed by atoms with E-state index in [1.54, 1.807) is 23.7 Å². The number of hydrogen-bond acceptors (Lipinski definition) is 7. The zero-order chi connectivity index (χ0) is 22.1. The van der Waals surface area contributed by atoms with Crippen molar-refractivity contribution in [2.45, 2.75) is 39.2 Å². The minimum atomic E-state index is -0.199. The number of nitrogens with zero attached hydrogens (tertiary/aromatic N) is 6. The van der Waals surface area contributed by atoms with E-state index in [0.29, 0.717) is 22.9 Å². The van der Waals surface area contributed by atoms with E-state index in [4.69, 9.17) is 4.98 Å². The third kappa shape index (κ3) is 4.08. The van der Waals surface area contributed by atoms with Gasteiger partial charge in [0, 0.05) is 24.7 Å². The normalized spacial score (nSPS) is 14.3. The predicted molar refractivity (Wildman–Crippen MR) is 127 cm³/mol. The molecular formula is C23H25N7OS. The van der Waals surface area contributed by atoms with Crippen LogP contribution >= 0.6 is 11.3 Å². The molecule has 1 saturated heterocycles. The SMILES string of the molecule is CC(C)n1cnnc1-c1cccc(NC(=O)c2ccc3nc(N4CCCCC4)sc3c2)n1. The number of aromatic nitrogens is 5. The van der Waals surface area contributed by atoms with Crippen LogP contribution in [-0.4, -0.2) is 43.7 Å². The van der Waals surface area contributed by atoms with Crippen LogP contribution in [-0.2, 0) is 0 Å². The molecule has 164 valence electrons. The molecule has 5 rings (SSSR count). The lowest BCUT2D eigenvalue weighted by Crippen LogP contribution is -2.29. The largest absolute Gasteiger partial charge is 0.348 e. The van der Waals surface area contributed by atoms with Crippen LogP contribution in [0.15, 0.2) is 42.7 Å². The molecule has 1 aliphatic rings. The zero-order valence-electron chi connectivity index (χ0n) is 18.2. The van der Waals surface area contributed by atoms with Gasteiger partial charge >= 0.3 is 0 Å². The second-order valence-corrected chi connectivity index (χ2v) is 9.25. The standard InChI is InChI=1S/C23H25N7OS/c1-15(2)30-14-24-28-21(30)18-7-6-8-20(25-18)27-22(31)16-9-10-17-19(13-16)32-23(26-17)29-11-4-3-5-12-29/h6-10,13-15H,3-5,11-12H2,1-2H3,(H,25,27,31). The van der Waals surface area contributed by atoms with Gasteiger partial charge in [0.25, 0.3) is 5.91 Å². The average Bonchev–Trinajstić information content (AvgIpc) is 3.47. The van der Waals surface area contributed by atoms with E-state index in [1.807, 2.05) is 34.9 Å². The fourth-order valence-corrected chi connectivity index (χ4v) is 4.95. The summed E-state index contributed by atoms with van der Waals surface area (Å²) in [5, 5.41) is 12.1. The summed E-state index contributed by atoms with van der Waals surface area (Å²) in [6.45, 7) is 6.23. The maximum Gasteiger partial charge on any atom is 0.256 e. The van der Waals surface area contributed by atoms with Gasteiger partial charge in [-0.05, 0) is 63.4 Å². The van der Waals surface area contributed by atoms with Crippen LogP contribution in [0.25, 0.3) is 21.7 Å². The van der Waals surface area contributed by atoms with Gasteiger partial charge in [-0.2, -0.15) is 0 Å². The maximum absolute atomic E-state index is 12.9. The minimum absolute atomic E-state index is 0.199. The topological polar surface area (TPSA) is 88.8 Å². The number of hydrogen-bond donors (Lipinski definition) is 1. The van der Waals surface area contributed by atoms with Crippen LogP contribution in [0.5, 0.6) is 0 Å². The summed E-state index contributed by atoms with van der Waals surface area (Å²) < 4.78 is 2.97. The number of piperidine rings is 1. The molecule has 1 aromatic carbocycles. The summed E-state index contributed by atoms with van der Waals surface area (Å²) in [5.74, 6) is 0.950. The summed E-state index contributed by atoms with van der Waals surface area (Å²) in [4.78, 5) is 24.6. The summed E-state index contributed by atoms with van der Waals surface area (Å²) >= 11 is 1.65. The third-order valence-corrected chi connectivity index (χ3v) is 6.69. The van der Waals surface area contributed by atoms with Crippen LogP contribution in [0.2, 0.25) is 0 Å². The van der Waals surface area contributed by atoms with Crippen molar-refractivity contribution < 1.29 is 4.79 Å². The molecule has 1 N–H and O–H groups in total. The van der Waals surface area contributed by atoms with Crippen LogP contribution in [0, 0.1) is 0 Å². The monoisotopic (exact) mass is 447 g/mol. The molecule has 4 aromatic rings. The molecule has 0 bridgehead atoms. The lowest BCUT2D eigenvalue weighted by atomic mass is 10.1. The van der Waals surface area contributed by atoms with Gasteiger partial charge in [-0.1, -0.05) is 17.4 Å². The van der Waals surface area contributed by atoms with Gasteiger partial charge in [-0.25, -0.2) is 9.97 Å². The fraction of sp³-hybridized carbons (Fsp3) is 0.348. The van der Waals surface area contributed by atoms with E-state index < -0.39 is 0 Å². The molecule has 0 radical (unpaired) electrons. The molecule has 0 spiro atoms. The Morgan fingerprint density at radius 3 is 2.75 bits per heavy atom. The number of pyridine rings is 1. The Kier molecular flexibility index (Phi) is 5.57. The van der Waals surface area contributed by atoms with Crippen molar-refractivity contribution in [3.8, 4) is 11.5 Å². The molecule has 0 aliphatic carbocycles. The zero-order valence-corrected chi connectivity index (χ0v) is 19.0. The number of fused-ring (bicyclic) bond motifs is 1. The van der Waals surface area contributed by atoms with E-state index >= 15 is 0 Å². The van der Waals surface area contributed by atoms with Gasteiger partial charge in [-0.15, -0.1) is 10.2 Å². The van der Waals surface area contributed by atoms with E-state index in [9.17, 15) is 4.79 Å². The van der Waals surface area contributed by atoms with Gasteiger partial charge < -0.3 is 14.8 Å². The lowest BCUT2D eigenvalue weighted by molar-refractivity contribution is 0.102. The Labute approximate surface area is 190 Å². The molecule has 32 heavy (non-hydrogen) atoms. The molecule has 8 nitrogen and oxygen atoms in total. The number of carbonyl (C=O) groups excluding carboxylic acids is 1.